The summed E-state index contributed by atoms with van der Waals surface area (Å²) in [4.78, 5) is 20.1. The topological polar surface area (TPSA) is 86.9 Å². The van der Waals surface area contributed by atoms with Crippen molar-refractivity contribution in [1.29, 1.82) is 5.26 Å². The van der Waals surface area contributed by atoms with Crippen LogP contribution in [0.4, 0.5) is 0 Å². The molecule has 0 radical (unpaired) electrons. The molecule has 2 aromatic rings. The van der Waals surface area contributed by atoms with Crippen molar-refractivity contribution in [3.8, 4) is 6.07 Å². The lowest BCUT2D eigenvalue weighted by Crippen LogP contribution is -2.35. The molecule has 1 heterocycles. The maximum absolute atomic E-state index is 12.0. The molecule has 1 aromatic heterocycles. The number of benzene rings is 1. The number of carboxylic acid groups (broad SMARTS) is 1. The normalized spacial score (nSPS) is 13.8. The number of rotatable bonds is 4. The number of carboxylic acids is 1. The zero-order valence-corrected chi connectivity index (χ0v) is 14.4. The predicted octanol–water partition coefficient (Wildman–Crippen LogP) is 3.88. The van der Waals surface area contributed by atoms with Gasteiger partial charge in [0, 0.05) is 12.1 Å². The molecule has 0 saturated heterocycles. The highest BCUT2D eigenvalue weighted by Gasteiger charge is 2.40. The third-order valence-electron chi connectivity index (χ3n) is 3.90. The van der Waals surface area contributed by atoms with Gasteiger partial charge in [0.25, 0.3) is 0 Å². The molecule has 0 bridgehead atoms. The molecule has 0 spiro atoms. The van der Waals surface area contributed by atoms with E-state index in [4.69, 9.17) is 16.9 Å². The minimum absolute atomic E-state index is 0.0733. The van der Waals surface area contributed by atoms with E-state index in [9.17, 15) is 9.90 Å². The Morgan fingerprint density at radius 1 is 1.25 bits per heavy atom. The highest BCUT2D eigenvalue weighted by Crippen LogP contribution is 2.41. The molecule has 2 atom stereocenters. The fraction of sp³-hybridized carbons (Fsp3) is 0.333. The molecule has 2 unspecified atom stereocenters. The van der Waals surface area contributed by atoms with Crippen molar-refractivity contribution in [3.05, 3.63) is 58.6 Å². The Morgan fingerprint density at radius 2 is 1.88 bits per heavy atom. The van der Waals surface area contributed by atoms with Gasteiger partial charge in [0.1, 0.15) is 0 Å². The van der Waals surface area contributed by atoms with E-state index < -0.39 is 23.2 Å². The second kappa shape index (κ2) is 6.98. The number of halogens is 1. The summed E-state index contributed by atoms with van der Waals surface area (Å²) in [7, 11) is 0. The van der Waals surface area contributed by atoms with E-state index in [2.05, 4.69) is 16.0 Å². The number of carbonyl (C=O) groups is 1. The molecule has 0 fully saturated rings. The Labute approximate surface area is 145 Å². The van der Waals surface area contributed by atoms with Crippen molar-refractivity contribution in [3.63, 3.8) is 0 Å². The van der Waals surface area contributed by atoms with Gasteiger partial charge in [-0.2, -0.15) is 5.26 Å². The van der Waals surface area contributed by atoms with E-state index in [0.29, 0.717) is 11.3 Å². The van der Waals surface area contributed by atoms with Gasteiger partial charge in [-0.1, -0.05) is 32.9 Å². The van der Waals surface area contributed by atoms with Crippen LogP contribution < -0.4 is 0 Å². The highest BCUT2D eigenvalue weighted by molar-refractivity contribution is 6.28. The summed E-state index contributed by atoms with van der Waals surface area (Å²) < 4.78 is 0. The van der Waals surface area contributed by atoms with E-state index in [1.165, 1.54) is 6.20 Å². The van der Waals surface area contributed by atoms with Crippen LogP contribution in [-0.2, 0) is 4.79 Å². The molecule has 1 aromatic carbocycles. The summed E-state index contributed by atoms with van der Waals surface area (Å²) in [5.74, 6) is -2.14. The lowest BCUT2D eigenvalue weighted by atomic mass is 9.69. The number of nitriles is 1. The molecule has 0 amide bonds. The summed E-state index contributed by atoms with van der Waals surface area (Å²) in [5, 5.41) is 18.9. The van der Waals surface area contributed by atoms with Crippen LogP contribution in [0.25, 0.3) is 0 Å². The van der Waals surface area contributed by atoms with Crippen LogP contribution in [0.5, 0.6) is 0 Å². The van der Waals surface area contributed by atoms with E-state index >= 15 is 0 Å². The number of aromatic nitrogens is 2. The molecule has 0 aliphatic carbocycles. The highest BCUT2D eigenvalue weighted by atomic mass is 35.5. The second-order valence-electron chi connectivity index (χ2n) is 6.64. The standard InChI is InChI=1S/C18H18ClN3O2/c1-18(2,3)15(16(23)24)14(13-8-9-21-17(19)22-13)12-6-4-11(10-20)5-7-12/h4-9,14-15H,1-3H3,(H,23,24). The minimum Gasteiger partial charge on any atom is -0.481 e. The average Bonchev–Trinajstić information content (AvgIpc) is 2.51. The Hall–Kier alpha value is -2.45. The number of nitrogens with zero attached hydrogens (tertiary/aromatic N) is 3. The third kappa shape index (κ3) is 3.90. The Morgan fingerprint density at radius 3 is 2.33 bits per heavy atom. The smallest absolute Gasteiger partial charge is 0.308 e. The van der Waals surface area contributed by atoms with Crippen LogP contribution in [0, 0.1) is 22.7 Å². The maximum atomic E-state index is 12.0. The predicted molar refractivity (Wildman–Crippen MR) is 90.6 cm³/mol. The van der Waals surface area contributed by atoms with Crippen LogP contribution in [0.3, 0.4) is 0 Å². The molecule has 6 heteroatoms. The molecule has 0 saturated carbocycles. The van der Waals surface area contributed by atoms with E-state index in [1.54, 1.807) is 30.3 Å². The van der Waals surface area contributed by atoms with Gasteiger partial charge < -0.3 is 5.11 Å². The Kier molecular flexibility index (Phi) is 5.20. The van der Waals surface area contributed by atoms with Crippen LogP contribution in [-0.4, -0.2) is 21.0 Å². The van der Waals surface area contributed by atoms with Crippen molar-refractivity contribution in [2.24, 2.45) is 11.3 Å². The van der Waals surface area contributed by atoms with Crippen molar-refractivity contribution in [2.45, 2.75) is 26.7 Å². The van der Waals surface area contributed by atoms with E-state index in [0.717, 1.165) is 5.56 Å². The largest absolute Gasteiger partial charge is 0.481 e. The first-order chi connectivity index (χ1) is 11.2. The van der Waals surface area contributed by atoms with Crippen LogP contribution in [0.15, 0.2) is 36.5 Å². The fourth-order valence-corrected chi connectivity index (χ4v) is 2.99. The molecule has 0 aliphatic heterocycles. The number of hydrogen-bond acceptors (Lipinski definition) is 4. The SMILES string of the molecule is CC(C)(C)C(C(=O)O)C(c1ccc(C#N)cc1)c1ccnc(Cl)n1. The molecule has 5 nitrogen and oxygen atoms in total. The third-order valence-corrected chi connectivity index (χ3v) is 4.08. The molecule has 124 valence electrons. The summed E-state index contributed by atoms with van der Waals surface area (Å²) in [5.41, 5.74) is 1.32. The second-order valence-corrected chi connectivity index (χ2v) is 6.98. The first-order valence-corrected chi connectivity index (χ1v) is 7.83. The number of hydrogen-bond donors (Lipinski definition) is 1. The van der Waals surface area contributed by atoms with Gasteiger partial charge in [-0.3, -0.25) is 4.79 Å². The van der Waals surface area contributed by atoms with Crippen molar-refractivity contribution < 1.29 is 9.90 Å². The average molecular weight is 344 g/mol. The Bertz CT molecular complexity index is 776. The van der Waals surface area contributed by atoms with Crippen LogP contribution in [0.1, 0.15) is 43.5 Å². The zero-order chi connectivity index (χ0) is 17.9. The van der Waals surface area contributed by atoms with Gasteiger partial charge in [-0.05, 0) is 40.8 Å². The lowest BCUT2D eigenvalue weighted by molar-refractivity contribution is -0.146. The van der Waals surface area contributed by atoms with Crippen molar-refractivity contribution in [2.75, 3.05) is 0 Å². The molecule has 1 N–H and O–H groups in total. The first-order valence-electron chi connectivity index (χ1n) is 7.45. The lowest BCUT2D eigenvalue weighted by Gasteiger charge is -2.34. The van der Waals surface area contributed by atoms with Gasteiger partial charge in [0.05, 0.1) is 23.2 Å². The zero-order valence-electron chi connectivity index (χ0n) is 13.7. The molecule has 2 rings (SSSR count). The summed E-state index contributed by atoms with van der Waals surface area (Å²) in [6, 6.07) is 10.6. The van der Waals surface area contributed by atoms with Crippen LogP contribution in [0.2, 0.25) is 5.28 Å². The summed E-state index contributed by atoms with van der Waals surface area (Å²) in [6.45, 7) is 5.64. The van der Waals surface area contributed by atoms with Crippen molar-refractivity contribution >= 4 is 17.6 Å². The van der Waals surface area contributed by atoms with Crippen LogP contribution >= 0.6 is 11.6 Å². The van der Waals surface area contributed by atoms with E-state index in [1.807, 2.05) is 20.8 Å². The summed E-state index contributed by atoms with van der Waals surface area (Å²) >= 11 is 5.91. The molecule has 0 aliphatic rings. The van der Waals surface area contributed by atoms with Gasteiger partial charge in [-0.15, -0.1) is 0 Å². The van der Waals surface area contributed by atoms with E-state index in [-0.39, 0.29) is 5.28 Å². The monoisotopic (exact) mass is 343 g/mol. The van der Waals surface area contributed by atoms with Gasteiger partial charge in [0.2, 0.25) is 5.28 Å². The molecular formula is C18H18ClN3O2. The summed E-state index contributed by atoms with van der Waals surface area (Å²) in [6.07, 6.45) is 1.52. The van der Waals surface area contributed by atoms with Gasteiger partial charge in [-0.25, -0.2) is 9.97 Å². The molecule has 24 heavy (non-hydrogen) atoms. The molecular weight excluding hydrogens is 326 g/mol. The van der Waals surface area contributed by atoms with Gasteiger partial charge >= 0.3 is 5.97 Å². The maximum Gasteiger partial charge on any atom is 0.308 e. The quantitative estimate of drug-likeness (QED) is 0.851. The Balaban J connectivity index is 2.64. The minimum atomic E-state index is -0.911. The number of aliphatic carboxylic acids is 1. The van der Waals surface area contributed by atoms with Crippen molar-refractivity contribution in [1.82, 2.24) is 9.97 Å². The first kappa shape index (κ1) is 17.9. The van der Waals surface area contributed by atoms with Gasteiger partial charge in [0.15, 0.2) is 0 Å². The fourth-order valence-electron chi connectivity index (χ4n) is 2.83.